The fourth-order valence-corrected chi connectivity index (χ4v) is 3.30. The smallest absolute Gasteiger partial charge is 0.115 e. The Morgan fingerprint density at radius 2 is 1.81 bits per heavy atom. The number of fused-ring (bicyclic) bond motifs is 1. The fourth-order valence-electron chi connectivity index (χ4n) is 3.30. The molecule has 1 aliphatic rings. The summed E-state index contributed by atoms with van der Waals surface area (Å²) in [6, 6.07) is 6.47. The van der Waals surface area contributed by atoms with Crippen molar-refractivity contribution in [2.45, 2.75) is 77.2 Å². The molecule has 0 bridgehead atoms. The molecule has 1 aromatic carbocycles. The van der Waals surface area contributed by atoms with E-state index in [0.29, 0.717) is 11.8 Å². The summed E-state index contributed by atoms with van der Waals surface area (Å²) in [6.07, 6.45) is 13.0. The van der Waals surface area contributed by atoms with Gasteiger partial charge in [0.15, 0.2) is 0 Å². The van der Waals surface area contributed by atoms with Crippen LogP contribution in [0.5, 0.6) is 5.75 Å². The highest BCUT2D eigenvalue weighted by atomic mass is 16.3. The molecule has 0 radical (unpaired) electrons. The number of aryl methyl sites for hydroxylation is 1. The first-order valence-electron chi connectivity index (χ1n) is 8.83. The molecule has 2 heteroatoms. The lowest BCUT2D eigenvalue weighted by atomic mass is 9.88. The summed E-state index contributed by atoms with van der Waals surface area (Å²) in [5.74, 6) is 0.406. The predicted octanol–water partition coefficient (Wildman–Crippen LogP) is 4.59. The largest absolute Gasteiger partial charge is 0.508 e. The van der Waals surface area contributed by atoms with Gasteiger partial charge in [-0.15, -0.1) is 0 Å². The van der Waals surface area contributed by atoms with Crippen molar-refractivity contribution in [3.63, 3.8) is 0 Å². The second kappa shape index (κ2) is 9.09. The molecule has 0 saturated carbocycles. The minimum atomic E-state index is 0.406. The Kier molecular flexibility index (Phi) is 7.08. The zero-order valence-corrected chi connectivity index (χ0v) is 13.5. The number of nitrogens with one attached hydrogen (secondary N) is 1. The SMILES string of the molecule is CCCCCCCCCNC1CCc2cc(O)ccc2C1. The highest BCUT2D eigenvalue weighted by Crippen LogP contribution is 2.25. The van der Waals surface area contributed by atoms with Gasteiger partial charge in [0.2, 0.25) is 0 Å². The molecule has 1 aliphatic carbocycles. The quantitative estimate of drug-likeness (QED) is 0.652. The number of phenols is 1. The van der Waals surface area contributed by atoms with Crippen LogP contribution in [0.3, 0.4) is 0 Å². The van der Waals surface area contributed by atoms with Gasteiger partial charge < -0.3 is 10.4 Å². The van der Waals surface area contributed by atoms with Gasteiger partial charge in [-0.3, -0.25) is 0 Å². The summed E-state index contributed by atoms with van der Waals surface area (Å²) < 4.78 is 0. The van der Waals surface area contributed by atoms with Gasteiger partial charge in [-0.1, -0.05) is 51.5 Å². The Morgan fingerprint density at radius 1 is 1.05 bits per heavy atom. The minimum Gasteiger partial charge on any atom is -0.508 e. The molecule has 118 valence electrons. The molecule has 1 unspecified atom stereocenters. The molecule has 1 atom stereocenters. The Balaban J connectivity index is 1.57. The molecule has 0 saturated heterocycles. The van der Waals surface area contributed by atoms with Gasteiger partial charge in [-0.25, -0.2) is 0 Å². The van der Waals surface area contributed by atoms with Gasteiger partial charge in [0.05, 0.1) is 0 Å². The minimum absolute atomic E-state index is 0.406. The maximum atomic E-state index is 9.52. The van der Waals surface area contributed by atoms with Crippen LogP contribution in [0, 0.1) is 0 Å². The summed E-state index contributed by atoms with van der Waals surface area (Å²) in [7, 11) is 0. The van der Waals surface area contributed by atoms with Crippen molar-refractivity contribution in [3.05, 3.63) is 29.3 Å². The predicted molar refractivity (Wildman–Crippen MR) is 89.9 cm³/mol. The van der Waals surface area contributed by atoms with E-state index in [1.54, 1.807) is 0 Å². The standard InChI is InChI=1S/C19H31NO/c1-2-3-4-5-6-7-8-13-20-18-11-9-17-15-19(21)12-10-16(17)14-18/h10,12,15,18,20-21H,2-9,11,13-14H2,1H3. The van der Waals surface area contributed by atoms with Crippen LogP contribution < -0.4 is 5.32 Å². The second-order valence-corrected chi connectivity index (χ2v) is 6.47. The van der Waals surface area contributed by atoms with Crippen molar-refractivity contribution in [1.29, 1.82) is 0 Å². The monoisotopic (exact) mass is 289 g/mol. The van der Waals surface area contributed by atoms with Crippen molar-refractivity contribution in [1.82, 2.24) is 5.32 Å². The van der Waals surface area contributed by atoms with Crippen LogP contribution in [0.2, 0.25) is 0 Å². The van der Waals surface area contributed by atoms with E-state index >= 15 is 0 Å². The topological polar surface area (TPSA) is 32.3 Å². The van der Waals surface area contributed by atoms with E-state index in [1.165, 1.54) is 62.5 Å². The number of hydrogen-bond donors (Lipinski definition) is 2. The average molecular weight is 289 g/mol. The van der Waals surface area contributed by atoms with Crippen molar-refractivity contribution < 1.29 is 5.11 Å². The maximum Gasteiger partial charge on any atom is 0.115 e. The molecular formula is C19H31NO. The molecular weight excluding hydrogens is 258 g/mol. The van der Waals surface area contributed by atoms with E-state index in [4.69, 9.17) is 0 Å². The number of rotatable bonds is 9. The molecule has 0 fully saturated rings. The fraction of sp³-hybridized carbons (Fsp3) is 0.684. The number of unbranched alkanes of at least 4 members (excludes halogenated alkanes) is 6. The van der Waals surface area contributed by atoms with Crippen molar-refractivity contribution in [2.24, 2.45) is 0 Å². The third kappa shape index (κ3) is 5.70. The van der Waals surface area contributed by atoms with Crippen molar-refractivity contribution in [2.75, 3.05) is 6.54 Å². The normalized spacial score (nSPS) is 17.7. The summed E-state index contributed by atoms with van der Waals surface area (Å²) in [5.41, 5.74) is 2.75. The lowest BCUT2D eigenvalue weighted by molar-refractivity contribution is 0.441. The van der Waals surface area contributed by atoms with Crippen molar-refractivity contribution in [3.8, 4) is 5.75 Å². The van der Waals surface area contributed by atoms with E-state index in [-0.39, 0.29) is 0 Å². The van der Waals surface area contributed by atoms with Gasteiger partial charge in [-0.05, 0) is 55.5 Å². The Labute approximate surface area is 130 Å². The summed E-state index contributed by atoms with van der Waals surface area (Å²) in [4.78, 5) is 0. The van der Waals surface area contributed by atoms with Crippen LogP contribution in [0.25, 0.3) is 0 Å². The Hall–Kier alpha value is -1.02. The summed E-state index contributed by atoms with van der Waals surface area (Å²) >= 11 is 0. The maximum absolute atomic E-state index is 9.52. The van der Waals surface area contributed by atoms with E-state index < -0.39 is 0 Å². The van der Waals surface area contributed by atoms with Gasteiger partial charge in [0.25, 0.3) is 0 Å². The van der Waals surface area contributed by atoms with Crippen LogP contribution in [-0.4, -0.2) is 17.7 Å². The van der Waals surface area contributed by atoms with Crippen LogP contribution in [0.15, 0.2) is 18.2 Å². The molecule has 0 amide bonds. The second-order valence-electron chi connectivity index (χ2n) is 6.47. The summed E-state index contributed by atoms with van der Waals surface area (Å²) in [5, 5.41) is 13.2. The molecule has 2 nitrogen and oxygen atoms in total. The highest BCUT2D eigenvalue weighted by Gasteiger charge is 2.17. The van der Waals surface area contributed by atoms with Gasteiger partial charge in [-0.2, -0.15) is 0 Å². The van der Waals surface area contributed by atoms with E-state index in [2.05, 4.69) is 18.3 Å². The first kappa shape index (κ1) is 16.4. The first-order chi connectivity index (χ1) is 10.3. The van der Waals surface area contributed by atoms with Crippen LogP contribution >= 0.6 is 0 Å². The number of phenolic OH excluding ortho intramolecular Hbond substituents is 1. The number of aromatic hydroxyl groups is 1. The average Bonchev–Trinajstić information content (AvgIpc) is 2.50. The molecule has 1 aromatic rings. The third-order valence-electron chi connectivity index (χ3n) is 4.63. The van der Waals surface area contributed by atoms with Gasteiger partial charge in [0, 0.05) is 6.04 Å². The van der Waals surface area contributed by atoms with E-state index in [9.17, 15) is 5.11 Å². The molecule has 2 rings (SSSR count). The van der Waals surface area contributed by atoms with Crippen molar-refractivity contribution >= 4 is 0 Å². The number of hydrogen-bond acceptors (Lipinski definition) is 2. The molecule has 2 N–H and O–H groups in total. The lowest BCUT2D eigenvalue weighted by Gasteiger charge is -2.25. The molecule has 0 aromatic heterocycles. The molecule has 0 heterocycles. The molecule has 0 aliphatic heterocycles. The Morgan fingerprint density at radius 3 is 2.62 bits per heavy atom. The van der Waals surface area contributed by atoms with E-state index in [0.717, 1.165) is 19.4 Å². The number of benzene rings is 1. The Bertz CT molecular complexity index is 416. The highest BCUT2D eigenvalue weighted by molar-refractivity contribution is 5.37. The first-order valence-corrected chi connectivity index (χ1v) is 8.83. The van der Waals surface area contributed by atoms with Crippen LogP contribution in [0.1, 0.15) is 69.4 Å². The van der Waals surface area contributed by atoms with Crippen LogP contribution in [0.4, 0.5) is 0 Å². The van der Waals surface area contributed by atoms with E-state index in [1.807, 2.05) is 12.1 Å². The summed E-state index contributed by atoms with van der Waals surface area (Å²) in [6.45, 7) is 3.43. The van der Waals surface area contributed by atoms with Gasteiger partial charge in [0.1, 0.15) is 5.75 Å². The zero-order chi connectivity index (χ0) is 14.9. The lowest BCUT2D eigenvalue weighted by Crippen LogP contribution is -2.35. The van der Waals surface area contributed by atoms with Gasteiger partial charge >= 0.3 is 0 Å². The third-order valence-corrected chi connectivity index (χ3v) is 4.63. The molecule has 21 heavy (non-hydrogen) atoms. The molecule has 0 spiro atoms. The zero-order valence-electron chi connectivity index (χ0n) is 13.5. The van der Waals surface area contributed by atoms with Crippen LogP contribution in [-0.2, 0) is 12.8 Å².